The number of carboxylic acids is 1. The fraction of sp³-hybridized carbons (Fsp3) is 0.375. The van der Waals surface area contributed by atoms with E-state index in [-0.39, 0.29) is 6.04 Å². The van der Waals surface area contributed by atoms with Crippen LogP contribution in [0.25, 0.3) is 0 Å². The molecule has 236 valence electrons. The molecule has 1 aliphatic carbocycles. The van der Waals surface area contributed by atoms with Gasteiger partial charge in [-0.1, -0.05) is 92.2 Å². The molecule has 5 heteroatoms. The lowest BCUT2D eigenvalue weighted by atomic mass is 9.90. The molecule has 0 spiro atoms. The molecule has 0 radical (unpaired) electrons. The Bertz CT molecular complexity index is 1530. The highest BCUT2D eigenvalue weighted by Crippen LogP contribution is 2.37. The van der Waals surface area contributed by atoms with E-state index in [0.29, 0.717) is 13.0 Å². The van der Waals surface area contributed by atoms with Gasteiger partial charge in [0.1, 0.15) is 12.4 Å². The van der Waals surface area contributed by atoms with Crippen LogP contribution in [0.3, 0.4) is 0 Å². The van der Waals surface area contributed by atoms with Gasteiger partial charge < -0.3 is 14.6 Å². The number of fused-ring (bicyclic) bond motifs is 2. The standard InChI is InChI=1S/C40H47NO4/c1-4-5-9-30-16-22-36-33(26-30)18-19-34-27-31(13-12-29-10-7-6-8-11-29)17-23-37(34)39(36)41(2)24-25-45-35-20-14-32(15-21-35)28-38(44-3)40(42)43/h6-8,10-11,14-17,20-23,26-27,38-39H,4-5,9,12-13,18-19,24-25,28H2,1-3H3,(H,42,43). The Labute approximate surface area is 268 Å². The van der Waals surface area contributed by atoms with E-state index in [4.69, 9.17) is 9.47 Å². The molecular formula is C40H47NO4. The van der Waals surface area contributed by atoms with E-state index in [2.05, 4.69) is 85.6 Å². The zero-order valence-electron chi connectivity index (χ0n) is 27.0. The molecule has 5 rings (SSSR count). The molecule has 0 saturated carbocycles. The third kappa shape index (κ3) is 8.62. The summed E-state index contributed by atoms with van der Waals surface area (Å²) in [5.74, 6) is -0.176. The normalized spacial score (nSPS) is 14.8. The van der Waals surface area contributed by atoms with Gasteiger partial charge in [-0.25, -0.2) is 4.79 Å². The van der Waals surface area contributed by atoms with E-state index in [9.17, 15) is 9.90 Å². The Morgan fingerprint density at radius 1 is 0.822 bits per heavy atom. The highest BCUT2D eigenvalue weighted by Gasteiger charge is 2.27. The minimum absolute atomic E-state index is 0.161. The lowest BCUT2D eigenvalue weighted by Crippen LogP contribution is -2.30. The lowest BCUT2D eigenvalue weighted by Gasteiger charge is -2.31. The van der Waals surface area contributed by atoms with Crippen molar-refractivity contribution in [2.45, 2.75) is 70.4 Å². The van der Waals surface area contributed by atoms with Gasteiger partial charge >= 0.3 is 5.97 Å². The first-order valence-corrected chi connectivity index (χ1v) is 16.4. The zero-order valence-corrected chi connectivity index (χ0v) is 27.0. The number of nitrogens with zero attached hydrogens (tertiary/aromatic N) is 1. The molecular weight excluding hydrogens is 558 g/mol. The second-order valence-electron chi connectivity index (χ2n) is 12.3. The third-order valence-electron chi connectivity index (χ3n) is 9.09. The summed E-state index contributed by atoms with van der Waals surface area (Å²) >= 11 is 0. The van der Waals surface area contributed by atoms with Gasteiger partial charge in [-0.05, 0) is 102 Å². The van der Waals surface area contributed by atoms with Crippen LogP contribution >= 0.6 is 0 Å². The van der Waals surface area contributed by atoms with Gasteiger partial charge in [0.25, 0.3) is 0 Å². The molecule has 0 amide bonds. The number of carboxylic acid groups (broad SMARTS) is 1. The van der Waals surface area contributed by atoms with Gasteiger partial charge in [0, 0.05) is 20.1 Å². The number of aryl methyl sites for hydroxylation is 5. The van der Waals surface area contributed by atoms with Crippen LogP contribution < -0.4 is 4.74 Å². The molecule has 4 aromatic rings. The van der Waals surface area contributed by atoms with Gasteiger partial charge in [0.05, 0.1) is 6.04 Å². The van der Waals surface area contributed by atoms with Gasteiger partial charge in [-0.2, -0.15) is 0 Å². The third-order valence-corrected chi connectivity index (χ3v) is 9.09. The summed E-state index contributed by atoms with van der Waals surface area (Å²) in [5.41, 5.74) is 10.9. The number of ether oxygens (including phenoxy) is 2. The molecule has 2 atom stereocenters. The van der Waals surface area contributed by atoms with Crippen molar-refractivity contribution >= 4 is 5.97 Å². The number of carbonyl (C=O) groups is 1. The molecule has 0 aliphatic heterocycles. The minimum atomic E-state index is -0.955. The van der Waals surface area contributed by atoms with Crippen LogP contribution in [-0.4, -0.2) is 49.4 Å². The van der Waals surface area contributed by atoms with Crippen molar-refractivity contribution in [1.82, 2.24) is 4.90 Å². The SMILES string of the molecule is CCCCc1ccc2c(c1)CCc1cc(CCc3ccccc3)ccc1C2N(C)CCOc1ccc(CC(OC)C(=O)O)cc1. The van der Waals surface area contributed by atoms with Gasteiger partial charge in [0.15, 0.2) is 6.10 Å². The monoisotopic (exact) mass is 605 g/mol. The summed E-state index contributed by atoms with van der Waals surface area (Å²) in [5, 5.41) is 9.28. The predicted octanol–water partition coefficient (Wildman–Crippen LogP) is 7.66. The number of aliphatic carboxylic acids is 1. The van der Waals surface area contributed by atoms with Crippen molar-refractivity contribution in [1.29, 1.82) is 0 Å². The molecule has 2 unspecified atom stereocenters. The van der Waals surface area contributed by atoms with Crippen LogP contribution in [0.4, 0.5) is 0 Å². The maximum atomic E-state index is 11.3. The topological polar surface area (TPSA) is 59.0 Å². The van der Waals surface area contributed by atoms with E-state index in [0.717, 1.165) is 50.0 Å². The molecule has 5 nitrogen and oxygen atoms in total. The minimum Gasteiger partial charge on any atom is -0.492 e. The first kappa shape index (κ1) is 32.5. The highest BCUT2D eigenvalue weighted by atomic mass is 16.5. The number of likely N-dealkylation sites (N-methyl/N-ethyl adjacent to an activating group) is 1. The van der Waals surface area contributed by atoms with Crippen LogP contribution in [0.5, 0.6) is 5.75 Å². The Kier molecular flexibility index (Phi) is 11.5. The summed E-state index contributed by atoms with van der Waals surface area (Å²) in [7, 11) is 3.63. The summed E-state index contributed by atoms with van der Waals surface area (Å²) in [6.45, 7) is 3.58. The van der Waals surface area contributed by atoms with Crippen molar-refractivity contribution in [2.24, 2.45) is 0 Å². The van der Waals surface area contributed by atoms with Crippen LogP contribution in [0, 0.1) is 0 Å². The summed E-state index contributed by atoms with van der Waals surface area (Å²) in [4.78, 5) is 13.7. The number of rotatable bonds is 15. The summed E-state index contributed by atoms with van der Waals surface area (Å²) in [6, 6.07) is 32.9. The van der Waals surface area contributed by atoms with E-state index in [1.807, 2.05) is 24.3 Å². The number of unbranched alkanes of at least 4 members (excludes halogenated alkanes) is 1. The second kappa shape index (κ2) is 15.9. The largest absolute Gasteiger partial charge is 0.492 e. The molecule has 4 aromatic carbocycles. The van der Waals surface area contributed by atoms with Crippen molar-refractivity contribution < 1.29 is 19.4 Å². The van der Waals surface area contributed by atoms with Gasteiger partial charge in [-0.3, -0.25) is 4.90 Å². The molecule has 1 N–H and O–H groups in total. The van der Waals surface area contributed by atoms with Crippen LogP contribution in [0.1, 0.15) is 70.3 Å². The molecule has 1 aliphatic rings. The first-order chi connectivity index (χ1) is 21.9. The van der Waals surface area contributed by atoms with Crippen molar-refractivity contribution in [3.63, 3.8) is 0 Å². The van der Waals surface area contributed by atoms with E-state index >= 15 is 0 Å². The average molecular weight is 606 g/mol. The second-order valence-corrected chi connectivity index (χ2v) is 12.3. The summed E-state index contributed by atoms with van der Waals surface area (Å²) < 4.78 is 11.3. The van der Waals surface area contributed by atoms with E-state index < -0.39 is 12.1 Å². The Hall–Kier alpha value is -3.93. The van der Waals surface area contributed by atoms with Gasteiger partial charge in [0.2, 0.25) is 0 Å². The van der Waals surface area contributed by atoms with Crippen molar-refractivity contribution in [3.8, 4) is 5.75 Å². The van der Waals surface area contributed by atoms with Crippen LogP contribution in [0.2, 0.25) is 0 Å². The fourth-order valence-electron chi connectivity index (χ4n) is 6.47. The van der Waals surface area contributed by atoms with E-state index in [1.54, 1.807) is 0 Å². The molecule has 0 saturated heterocycles. The number of benzene rings is 4. The maximum Gasteiger partial charge on any atom is 0.333 e. The first-order valence-electron chi connectivity index (χ1n) is 16.4. The number of methoxy groups -OCH3 is 1. The smallest absolute Gasteiger partial charge is 0.333 e. The number of hydrogen-bond acceptors (Lipinski definition) is 4. The summed E-state index contributed by atoms with van der Waals surface area (Å²) in [6.07, 6.45) is 7.24. The van der Waals surface area contributed by atoms with Crippen LogP contribution in [0.15, 0.2) is 91.0 Å². The molecule has 45 heavy (non-hydrogen) atoms. The lowest BCUT2D eigenvalue weighted by molar-refractivity contribution is -0.148. The van der Waals surface area contributed by atoms with Crippen LogP contribution in [-0.2, 0) is 48.1 Å². The highest BCUT2D eigenvalue weighted by molar-refractivity contribution is 5.72. The maximum absolute atomic E-state index is 11.3. The van der Waals surface area contributed by atoms with Crippen molar-refractivity contribution in [2.75, 3.05) is 27.3 Å². The average Bonchev–Trinajstić information content (AvgIpc) is 3.22. The molecule has 0 aromatic heterocycles. The Morgan fingerprint density at radius 2 is 1.42 bits per heavy atom. The fourth-order valence-corrected chi connectivity index (χ4v) is 6.47. The predicted molar refractivity (Wildman–Crippen MR) is 181 cm³/mol. The van der Waals surface area contributed by atoms with E-state index in [1.165, 1.54) is 58.9 Å². The Balaban J connectivity index is 1.31. The van der Waals surface area contributed by atoms with Gasteiger partial charge in [-0.15, -0.1) is 0 Å². The number of hydrogen-bond donors (Lipinski definition) is 1. The Morgan fingerprint density at radius 3 is 2.02 bits per heavy atom. The quantitative estimate of drug-likeness (QED) is 0.151. The molecule has 0 fully saturated rings. The zero-order chi connectivity index (χ0) is 31.6. The molecule has 0 heterocycles. The molecule has 0 bridgehead atoms. The van der Waals surface area contributed by atoms with Crippen molar-refractivity contribution in [3.05, 3.63) is 136 Å².